The van der Waals surface area contributed by atoms with E-state index < -0.39 is 12.1 Å². The number of H-pyrrole nitrogens is 2. The molecule has 12 nitrogen and oxygen atoms in total. The molecule has 14 heteroatoms. The van der Waals surface area contributed by atoms with Gasteiger partial charge < -0.3 is 30.4 Å². The highest BCUT2D eigenvalue weighted by molar-refractivity contribution is 7.25. The minimum absolute atomic E-state index is 0.000458. The van der Waals surface area contributed by atoms with Gasteiger partial charge in [0.1, 0.15) is 23.7 Å². The third-order valence-corrected chi connectivity index (χ3v) is 14.5. The van der Waals surface area contributed by atoms with Crippen molar-refractivity contribution in [3.63, 3.8) is 0 Å². The van der Waals surface area contributed by atoms with Crippen LogP contribution in [0.15, 0.2) is 97.3 Å². The fourth-order valence-electron chi connectivity index (χ4n) is 8.53. The van der Waals surface area contributed by atoms with Gasteiger partial charge in [0.15, 0.2) is 0 Å². The van der Waals surface area contributed by atoms with Crippen molar-refractivity contribution in [2.75, 3.05) is 13.1 Å². The molecule has 6 heterocycles. The van der Waals surface area contributed by atoms with Crippen LogP contribution in [0.4, 0.5) is 0 Å². The number of likely N-dealkylation sites (tertiary alicyclic amines) is 2. The van der Waals surface area contributed by atoms with Gasteiger partial charge >= 0.3 is 0 Å². The summed E-state index contributed by atoms with van der Waals surface area (Å²) in [6.07, 6.45) is 10.5. The smallest absolute Gasteiger partial charge is 0.250 e. The number of hydrogen-bond donors (Lipinski definition) is 4. The van der Waals surface area contributed by atoms with Gasteiger partial charge in [0.05, 0.1) is 45.6 Å². The second-order valence-electron chi connectivity index (χ2n) is 16.3. The molecular formula is C46H46N8O4S2. The number of nitrogens with zero attached hydrogens (tertiary/aromatic N) is 4. The van der Waals surface area contributed by atoms with Crippen LogP contribution in [0.25, 0.3) is 30.9 Å². The van der Waals surface area contributed by atoms with E-state index in [2.05, 4.69) is 44.9 Å². The third-order valence-electron chi connectivity index (χ3n) is 12.1. The second kappa shape index (κ2) is 16.3. The van der Waals surface area contributed by atoms with Crippen LogP contribution < -0.4 is 10.6 Å². The van der Waals surface area contributed by atoms with Crippen molar-refractivity contribution in [3.8, 4) is 30.9 Å². The van der Waals surface area contributed by atoms with Gasteiger partial charge in [-0.3, -0.25) is 19.2 Å². The van der Waals surface area contributed by atoms with Crippen LogP contribution in [-0.4, -0.2) is 66.5 Å². The number of nitrogens with one attached hydrogen (secondary N) is 4. The number of aromatic amines is 2. The molecule has 4 unspecified atom stereocenters. The zero-order chi connectivity index (χ0) is 40.7. The highest BCUT2D eigenvalue weighted by Crippen LogP contribution is 2.42. The van der Waals surface area contributed by atoms with Gasteiger partial charge in [-0.25, -0.2) is 9.97 Å². The number of thiophene rings is 2. The van der Waals surface area contributed by atoms with E-state index in [1.807, 2.05) is 82.9 Å². The number of rotatable bonds is 13. The molecule has 10 rings (SSSR count). The lowest BCUT2D eigenvalue weighted by Gasteiger charge is -2.28. The number of carbonyl (C=O) groups excluding carboxylic acids is 4. The first-order valence-electron chi connectivity index (χ1n) is 21.0. The van der Waals surface area contributed by atoms with E-state index in [4.69, 9.17) is 9.97 Å². The average molecular weight is 839 g/mol. The molecule has 4 aromatic heterocycles. The van der Waals surface area contributed by atoms with Crippen molar-refractivity contribution in [2.45, 2.75) is 75.5 Å². The Bertz CT molecular complexity index is 2350. The number of benzene rings is 2. The van der Waals surface area contributed by atoms with Crippen molar-refractivity contribution in [3.05, 3.63) is 120 Å². The zero-order valence-electron chi connectivity index (χ0n) is 33.0. The van der Waals surface area contributed by atoms with E-state index in [1.54, 1.807) is 22.7 Å². The Morgan fingerprint density at radius 3 is 1.35 bits per heavy atom. The van der Waals surface area contributed by atoms with Gasteiger partial charge in [-0.05, 0) is 86.8 Å². The Labute approximate surface area is 355 Å². The molecule has 60 heavy (non-hydrogen) atoms. The molecule has 0 bridgehead atoms. The van der Waals surface area contributed by atoms with Crippen molar-refractivity contribution in [2.24, 2.45) is 11.8 Å². The van der Waals surface area contributed by atoms with E-state index in [0.29, 0.717) is 13.1 Å². The van der Waals surface area contributed by atoms with Gasteiger partial charge in [-0.15, -0.1) is 22.7 Å². The number of carbonyl (C=O) groups is 4. The number of aromatic nitrogens is 4. The molecule has 4 fully saturated rings. The van der Waals surface area contributed by atoms with Crippen LogP contribution in [0.5, 0.6) is 0 Å². The summed E-state index contributed by atoms with van der Waals surface area (Å²) in [5.74, 6) is 1.19. The lowest BCUT2D eigenvalue weighted by atomic mass is 10.0. The molecule has 2 aromatic carbocycles. The highest BCUT2D eigenvalue weighted by atomic mass is 32.1. The van der Waals surface area contributed by atoms with E-state index >= 15 is 0 Å². The van der Waals surface area contributed by atoms with E-state index in [1.165, 1.54) is 0 Å². The molecule has 4 aliphatic rings. The lowest BCUT2D eigenvalue weighted by molar-refractivity contribution is -0.138. The van der Waals surface area contributed by atoms with Crippen LogP contribution >= 0.6 is 22.7 Å². The highest BCUT2D eigenvalue weighted by Gasteiger charge is 2.41. The molecule has 4 amide bonds. The maximum absolute atomic E-state index is 14.1. The van der Waals surface area contributed by atoms with E-state index in [0.717, 1.165) is 105 Å². The largest absolute Gasteiger partial charge is 0.340 e. The van der Waals surface area contributed by atoms with Crippen LogP contribution in [0, 0.1) is 11.8 Å². The first-order chi connectivity index (χ1) is 29.4. The molecule has 306 valence electrons. The Kier molecular flexibility index (Phi) is 10.4. The fraction of sp³-hybridized carbons (Fsp3) is 0.348. The molecule has 2 aliphatic carbocycles. The number of amides is 4. The van der Waals surface area contributed by atoms with Crippen LogP contribution in [0.3, 0.4) is 0 Å². The molecule has 6 aromatic rings. The van der Waals surface area contributed by atoms with Crippen molar-refractivity contribution in [1.82, 2.24) is 40.4 Å². The topological polar surface area (TPSA) is 156 Å². The predicted octanol–water partition coefficient (Wildman–Crippen LogP) is 8.12. The molecule has 0 spiro atoms. The van der Waals surface area contributed by atoms with Gasteiger partial charge in [-0.2, -0.15) is 0 Å². The predicted molar refractivity (Wildman–Crippen MR) is 230 cm³/mol. The standard InChI is InChI=1S/C46H46N8O4S2/c55-43(29-15-16-29)51-39(27-9-3-1-4-10-27)45(57)53-23-7-13-33(53)41-47-25-31(49-41)35-19-21-37(59-35)38-22-20-36(60-38)32-26-48-42(50-32)34-14-8-24-54(34)46(58)40(28-11-5-2-6-12-28)52-44(56)30-17-18-30/h1-6,9-12,19-22,25-26,29-30,33-34,39-40H,7-8,13-18,23-24H2,(H,47,49)(H,48,50)(H,51,55)(H,52,56). The van der Waals surface area contributed by atoms with Crippen LogP contribution in [0.1, 0.15) is 98.3 Å². The van der Waals surface area contributed by atoms with Gasteiger partial charge in [-0.1, -0.05) is 60.7 Å². The molecule has 2 saturated carbocycles. The molecule has 0 radical (unpaired) electrons. The van der Waals surface area contributed by atoms with E-state index in [9.17, 15) is 19.2 Å². The summed E-state index contributed by atoms with van der Waals surface area (Å²) < 4.78 is 0. The van der Waals surface area contributed by atoms with Crippen LogP contribution in [0.2, 0.25) is 0 Å². The van der Waals surface area contributed by atoms with Gasteiger partial charge in [0.25, 0.3) is 0 Å². The SMILES string of the molecule is O=C(NC(C(=O)N1CCCC1c1ncc(-c2ccc(-c3ccc(-c4cnc(C5CCCN5C(=O)C(NC(=O)C5CC5)c5ccccc5)[nH]4)s3)s2)[nH]1)c1ccccc1)C1CC1. The van der Waals surface area contributed by atoms with Crippen LogP contribution in [-0.2, 0) is 19.2 Å². The Balaban J connectivity index is 0.819. The maximum atomic E-state index is 14.1. The van der Waals surface area contributed by atoms with Crippen molar-refractivity contribution < 1.29 is 19.2 Å². The summed E-state index contributed by atoms with van der Waals surface area (Å²) >= 11 is 3.36. The average Bonchev–Trinajstić information content (AvgIpc) is 3.76. The first kappa shape index (κ1) is 38.3. The van der Waals surface area contributed by atoms with E-state index in [-0.39, 0.29) is 47.5 Å². The first-order valence-corrected chi connectivity index (χ1v) is 22.6. The third kappa shape index (κ3) is 7.81. The number of imidazole rings is 2. The molecule has 4 atom stereocenters. The zero-order valence-corrected chi connectivity index (χ0v) is 34.6. The molecular weight excluding hydrogens is 793 g/mol. The summed E-state index contributed by atoms with van der Waals surface area (Å²) in [5.41, 5.74) is 3.37. The summed E-state index contributed by atoms with van der Waals surface area (Å²) in [4.78, 5) is 78.7. The normalized spacial score (nSPS) is 19.9. The second-order valence-corrected chi connectivity index (χ2v) is 18.5. The van der Waals surface area contributed by atoms with Gasteiger partial charge in [0.2, 0.25) is 23.6 Å². The van der Waals surface area contributed by atoms with Gasteiger partial charge in [0, 0.05) is 34.7 Å². The minimum atomic E-state index is -0.732. The minimum Gasteiger partial charge on any atom is -0.340 e. The fourth-order valence-corrected chi connectivity index (χ4v) is 10.6. The summed E-state index contributed by atoms with van der Waals surface area (Å²) in [7, 11) is 0. The summed E-state index contributed by atoms with van der Waals surface area (Å²) in [6.45, 7) is 1.21. The number of hydrogen-bond acceptors (Lipinski definition) is 8. The summed E-state index contributed by atoms with van der Waals surface area (Å²) in [6, 6.07) is 25.6. The summed E-state index contributed by atoms with van der Waals surface area (Å²) in [5, 5.41) is 6.11. The van der Waals surface area contributed by atoms with Crippen molar-refractivity contribution in [1.29, 1.82) is 0 Å². The molecule has 2 aliphatic heterocycles. The monoisotopic (exact) mass is 838 g/mol. The Morgan fingerprint density at radius 2 is 0.950 bits per heavy atom. The molecule has 4 N–H and O–H groups in total. The maximum Gasteiger partial charge on any atom is 0.250 e. The molecule has 2 saturated heterocycles. The quantitative estimate of drug-likeness (QED) is 0.0921. The Morgan fingerprint density at radius 1 is 0.550 bits per heavy atom. The van der Waals surface area contributed by atoms with Crippen molar-refractivity contribution >= 4 is 46.3 Å². The lowest BCUT2D eigenvalue weighted by Crippen LogP contribution is -2.43. The Hall–Kier alpha value is -5.86.